The van der Waals surface area contributed by atoms with E-state index in [2.05, 4.69) is 83.1 Å². The number of hydrogen-bond acceptors (Lipinski definition) is 5. The Morgan fingerprint density at radius 3 is 1.97 bits per heavy atom. The summed E-state index contributed by atoms with van der Waals surface area (Å²) < 4.78 is 5.35. The smallest absolute Gasteiger partial charge is 0.142 e. The number of fused-ring (bicyclic) bond motifs is 1. The maximum Gasteiger partial charge on any atom is 0.142 e. The molecule has 164 valence electrons. The van der Waals surface area contributed by atoms with Crippen LogP contribution in [0.15, 0.2) is 90.3 Å². The molecule has 4 nitrogen and oxygen atoms in total. The molecule has 3 aromatic carbocycles. The number of methoxy groups -OCH3 is 1. The largest absolute Gasteiger partial charge is 0.497 e. The van der Waals surface area contributed by atoms with Crippen molar-refractivity contribution in [2.24, 2.45) is 0 Å². The summed E-state index contributed by atoms with van der Waals surface area (Å²) in [7, 11) is 1.69. The molecule has 0 N–H and O–H groups in total. The number of hydrogen-bond donors (Lipinski definition) is 0. The van der Waals surface area contributed by atoms with E-state index in [1.807, 2.05) is 19.1 Å². The molecule has 0 bridgehead atoms. The van der Waals surface area contributed by atoms with Gasteiger partial charge in [0.25, 0.3) is 0 Å². The predicted molar refractivity (Wildman–Crippen MR) is 137 cm³/mol. The Balaban J connectivity index is 1.65. The quantitative estimate of drug-likeness (QED) is 0.270. The molecule has 0 saturated carbocycles. The fraction of sp³-hybridized carbons (Fsp3) is 0.143. The van der Waals surface area contributed by atoms with E-state index in [0.29, 0.717) is 0 Å². The Kier molecular flexibility index (Phi) is 6.05. The van der Waals surface area contributed by atoms with E-state index in [-0.39, 0.29) is 0 Å². The molecule has 0 radical (unpaired) electrons. The van der Waals surface area contributed by atoms with Gasteiger partial charge in [0.2, 0.25) is 0 Å². The molecule has 2 heterocycles. The van der Waals surface area contributed by atoms with Gasteiger partial charge in [-0.05, 0) is 35.7 Å². The molecule has 0 spiro atoms. The topological polar surface area (TPSA) is 38.3 Å². The summed E-state index contributed by atoms with van der Waals surface area (Å²) >= 11 is 1.67. The van der Waals surface area contributed by atoms with E-state index in [4.69, 9.17) is 14.7 Å². The van der Waals surface area contributed by atoms with E-state index in [1.54, 1.807) is 18.4 Å². The van der Waals surface area contributed by atoms with E-state index in [1.165, 1.54) is 11.1 Å². The Morgan fingerprint density at radius 2 is 1.39 bits per heavy atom. The van der Waals surface area contributed by atoms with Crippen LogP contribution < -0.4 is 9.64 Å². The fourth-order valence-corrected chi connectivity index (χ4v) is 5.04. The first-order valence-corrected chi connectivity index (χ1v) is 11.8. The molecule has 0 amide bonds. The minimum atomic E-state index is 0.763. The molecule has 0 fully saturated rings. The van der Waals surface area contributed by atoms with Crippen LogP contribution in [-0.2, 0) is 13.1 Å². The van der Waals surface area contributed by atoms with Crippen molar-refractivity contribution in [2.75, 3.05) is 12.0 Å². The lowest BCUT2D eigenvalue weighted by molar-refractivity contribution is 0.415. The Labute approximate surface area is 198 Å². The third-order valence-corrected chi connectivity index (χ3v) is 6.53. The summed E-state index contributed by atoms with van der Waals surface area (Å²) in [6, 6.07) is 29.3. The van der Waals surface area contributed by atoms with Gasteiger partial charge in [-0.25, -0.2) is 9.97 Å². The van der Waals surface area contributed by atoms with Crippen molar-refractivity contribution in [1.29, 1.82) is 0 Å². The van der Waals surface area contributed by atoms with Crippen LogP contribution in [0.25, 0.3) is 21.3 Å². The molecule has 5 heteroatoms. The maximum atomic E-state index is 5.35. The lowest BCUT2D eigenvalue weighted by Gasteiger charge is -2.25. The molecule has 5 aromatic rings. The van der Waals surface area contributed by atoms with E-state index in [9.17, 15) is 0 Å². The van der Waals surface area contributed by atoms with Crippen LogP contribution in [-0.4, -0.2) is 17.1 Å². The third-order valence-electron chi connectivity index (χ3n) is 5.66. The molecule has 0 aliphatic carbocycles. The molecule has 2 aromatic heterocycles. The zero-order chi connectivity index (χ0) is 22.6. The van der Waals surface area contributed by atoms with Crippen LogP contribution in [0.5, 0.6) is 5.75 Å². The fourth-order valence-electron chi connectivity index (χ4n) is 4.05. The second-order valence-electron chi connectivity index (χ2n) is 7.98. The second kappa shape index (κ2) is 9.43. The first-order chi connectivity index (χ1) is 16.2. The molecule has 5 rings (SSSR count). The molecular weight excluding hydrogens is 426 g/mol. The van der Waals surface area contributed by atoms with Crippen LogP contribution in [0.3, 0.4) is 0 Å². The van der Waals surface area contributed by atoms with Crippen molar-refractivity contribution in [3.05, 3.63) is 107 Å². The van der Waals surface area contributed by atoms with Gasteiger partial charge >= 0.3 is 0 Å². The molecule has 0 atom stereocenters. The number of ether oxygens (including phenoxy) is 1. The van der Waals surface area contributed by atoms with Gasteiger partial charge in [0.1, 0.15) is 22.2 Å². The predicted octanol–water partition coefficient (Wildman–Crippen LogP) is 6.88. The number of nitrogens with zero attached hydrogens (tertiary/aromatic N) is 3. The lowest BCUT2D eigenvalue weighted by Crippen LogP contribution is -2.24. The first kappa shape index (κ1) is 21.2. The summed E-state index contributed by atoms with van der Waals surface area (Å²) in [6.45, 7) is 3.50. The molecule has 0 aliphatic heterocycles. The lowest BCUT2D eigenvalue weighted by atomic mass is 10.0. The summed E-state index contributed by atoms with van der Waals surface area (Å²) in [5.74, 6) is 2.60. The van der Waals surface area contributed by atoms with Gasteiger partial charge in [0, 0.05) is 24.0 Å². The van der Waals surface area contributed by atoms with Crippen LogP contribution in [0, 0.1) is 6.92 Å². The average molecular weight is 452 g/mol. The van der Waals surface area contributed by atoms with Gasteiger partial charge in [-0.1, -0.05) is 72.8 Å². The minimum absolute atomic E-state index is 0.763. The standard InChI is InChI=1S/C28H25N3OS/c1-20-29-27(26-25(19-33-28(26)30-20)23-13-15-24(32-2)16-14-23)31(17-21-9-5-3-6-10-21)18-22-11-7-4-8-12-22/h3-16,19H,17-18H2,1-2H3. The number of benzene rings is 3. The zero-order valence-electron chi connectivity index (χ0n) is 18.7. The van der Waals surface area contributed by atoms with Crippen molar-refractivity contribution >= 4 is 27.4 Å². The van der Waals surface area contributed by atoms with Gasteiger partial charge in [-0.3, -0.25) is 0 Å². The highest BCUT2D eigenvalue weighted by Crippen LogP contribution is 2.39. The Hall–Kier alpha value is -3.70. The summed E-state index contributed by atoms with van der Waals surface area (Å²) in [6.07, 6.45) is 0. The van der Waals surface area contributed by atoms with Crippen LogP contribution in [0.4, 0.5) is 5.82 Å². The summed E-state index contributed by atoms with van der Waals surface area (Å²) in [4.78, 5) is 13.1. The SMILES string of the molecule is COc1ccc(-c2csc3nc(C)nc(N(Cc4ccccc4)Cc4ccccc4)c23)cc1. The van der Waals surface area contributed by atoms with Crippen LogP contribution in [0.1, 0.15) is 17.0 Å². The summed E-state index contributed by atoms with van der Waals surface area (Å²) in [5.41, 5.74) is 4.78. The average Bonchev–Trinajstić information content (AvgIpc) is 3.28. The summed E-state index contributed by atoms with van der Waals surface area (Å²) in [5, 5.41) is 3.29. The van der Waals surface area contributed by atoms with E-state index >= 15 is 0 Å². The van der Waals surface area contributed by atoms with Crippen molar-refractivity contribution in [3.63, 3.8) is 0 Å². The van der Waals surface area contributed by atoms with E-state index < -0.39 is 0 Å². The maximum absolute atomic E-state index is 5.35. The first-order valence-electron chi connectivity index (χ1n) is 10.9. The minimum Gasteiger partial charge on any atom is -0.497 e. The molecule has 0 aliphatic rings. The van der Waals surface area contributed by atoms with Gasteiger partial charge in [-0.15, -0.1) is 11.3 Å². The van der Waals surface area contributed by atoms with Crippen molar-refractivity contribution in [3.8, 4) is 16.9 Å². The highest BCUT2D eigenvalue weighted by Gasteiger charge is 2.20. The van der Waals surface area contributed by atoms with Gasteiger partial charge in [0.15, 0.2) is 0 Å². The number of aryl methyl sites for hydroxylation is 1. The van der Waals surface area contributed by atoms with Crippen molar-refractivity contribution < 1.29 is 4.74 Å². The van der Waals surface area contributed by atoms with Gasteiger partial charge in [0.05, 0.1) is 12.5 Å². The van der Waals surface area contributed by atoms with E-state index in [0.717, 1.165) is 51.8 Å². The number of anilines is 1. The molecule has 33 heavy (non-hydrogen) atoms. The van der Waals surface area contributed by atoms with Gasteiger partial charge < -0.3 is 9.64 Å². The highest BCUT2D eigenvalue weighted by atomic mass is 32.1. The number of aromatic nitrogens is 2. The molecule has 0 unspecified atom stereocenters. The highest BCUT2D eigenvalue weighted by molar-refractivity contribution is 7.17. The Morgan fingerprint density at radius 1 is 0.788 bits per heavy atom. The molecular formula is C28H25N3OS. The second-order valence-corrected chi connectivity index (χ2v) is 8.84. The monoisotopic (exact) mass is 451 g/mol. The van der Waals surface area contributed by atoms with Crippen LogP contribution in [0.2, 0.25) is 0 Å². The third kappa shape index (κ3) is 4.59. The van der Waals surface area contributed by atoms with Crippen molar-refractivity contribution in [2.45, 2.75) is 20.0 Å². The number of rotatable bonds is 7. The number of thiophene rings is 1. The van der Waals surface area contributed by atoms with Crippen molar-refractivity contribution in [1.82, 2.24) is 9.97 Å². The normalized spacial score (nSPS) is 11.0. The van der Waals surface area contributed by atoms with Crippen LogP contribution >= 0.6 is 11.3 Å². The zero-order valence-corrected chi connectivity index (χ0v) is 19.5. The van der Waals surface area contributed by atoms with Gasteiger partial charge in [-0.2, -0.15) is 0 Å². The Bertz CT molecular complexity index is 1310. The molecule has 0 saturated heterocycles.